The Morgan fingerprint density at radius 1 is 0.875 bits per heavy atom. The van der Waals surface area contributed by atoms with E-state index in [0.717, 1.165) is 37.0 Å². The van der Waals surface area contributed by atoms with E-state index in [4.69, 9.17) is 11.6 Å². The Morgan fingerprint density at radius 3 is 2.42 bits per heavy atom. The zero-order valence-corrected chi connectivity index (χ0v) is 14.8. The number of pyridine rings is 1. The predicted octanol–water partition coefficient (Wildman–Crippen LogP) is 6.33. The fourth-order valence-corrected chi connectivity index (χ4v) is 4.10. The van der Waals surface area contributed by atoms with Crippen molar-refractivity contribution in [3.8, 4) is 21.1 Å². The van der Waals surface area contributed by atoms with Crippen LogP contribution >= 0.6 is 34.3 Å². The molecule has 3 nitrogen and oxygen atoms in total. The molecule has 3 heterocycles. The number of halogens is 1. The molecule has 0 spiro atoms. The van der Waals surface area contributed by atoms with Crippen molar-refractivity contribution in [2.45, 2.75) is 0 Å². The Bertz CT molecular complexity index is 946. The van der Waals surface area contributed by atoms with Gasteiger partial charge in [-0.05, 0) is 48.5 Å². The summed E-state index contributed by atoms with van der Waals surface area (Å²) in [5.41, 5.74) is 2.94. The van der Waals surface area contributed by atoms with E-state index in [1.54, 1.807) is 22.7 Å². The Hall–Kier alpha value is -2.21. The zero-order chi connectivity index (χ0) is 16.4. The molecule has 0 amide bonds. The van der Waals surface area contributed by atoms with Crippen LogP contribution in [0.2, 0.25) is 5.02 Å². The van der Waals surface area contributed by atoms with Crippen LogP contribution in [0.5, 0.6) is 0 Å². The number of rotatable bonds is 4. The maximum atomic E-state index is 5.91. The van der Waals surface area contributed by atoms with E-state index in [2.05, 4.69) is 32.8 Å². The van der Waals surface area contributed by atoms with Crippen molar-refractivity contribution < 1.29 is 0 Å². The molecular weight excluding hydrogens is 358 g/mol. The molecule has 118 valence electrons. The van der Waals surface area contributed by atoms with Gasteiger partial charge in [-0.2, -0.15) is 0 Å². The molecule has 0 aliphatic carbocycles. The van der Waals surface area contributed by atoms with Crippen LogP contribution in [0.25, 0.3) is 21.1 Å². The fourth-order valence-electron chi connectivity index (χ4n) is 2.22. The van der Waals surface area contributed by atoms with Crippen molar-refractivity contribution in [1.29, 1.82) is 0 Å². The normalized spacial score (nSPS) is 10.7. The van der Waals surface area contributed by atoms with E-state index in [1.807, 2.05) is 48.7 Å². The second kappa shape index (κ2) is 6.73. The molecule has 0 atom stereocenters. The second-order valence-corrected chi connectivity index (χ2v) is 7.43. The minimum atomic E-state index is 0.723. The summed E-state index contributed by atoms with van der Waals surface area (Å²) >= 11 is 9.19. The number of hydrogen-bond acceptors (Lipinski definition) is 5. The highest BCUT2D eigenvalue weighted by molar-refractivity contribution is 7.19. The monoisotopic (exact) mass is 369 g/mol. The summed E-state index contributed by atoms with van der Waals surface area (Å²) in [6.07, 6.45) is 1.81. The number of nitrogens with one attached hydrogen (secondary N) is 1. The van der Waals surface area contributed by atoms with Gasteiger partial charge in [0.1, 0.15) is 0 Å². The number of benzene rings is 1. The Labute approximate surface area is 152 Å². The van der Waals surface area contributed by atoms with Crippen LogP contribution in [0.1, 0.15) is 0 Å². The third kappa shape index (κ3) is 3.33. The van der Waals surface area contributed by atoms with Gasteiger partial charge in [0.2, 0.25) is 0 Å². The van der Waals surface area contributed by atoms with Crippen LogP contribution in [0.4, 0.5) is 10.8 Å². The van der Waals surface area contributed by atoms with E-state index in [1.165, 1.54) is 0 Å². The Balaban J connectivity index is 1.55. The summed E-state index contributed by atoms with van der Waals surface area (Å²) in [6.45, 7) is 0. The second-order valence-electron chi connectivity index (χ2n) is 5.05. The molecule has 0 saturated heterocycles. The topological polar surface area (TPSA) is 37.8 Å². The molecule has 1 aromatic carbocycles. The highest BCUT2D eigenvalue weighted by Gasteiger charge is 2.09. The molecular formula is C18H12ClN3S2. The average molecular weight is 370 g/mol. The lowest BCUT2D eigenvalue weighted by atomic mass is 10.3. The van der Waals surface area contributed by atoms with Crippen molar-refractivity contribution in [3.63, 3.8) is 0 Å². The number of hydrogen-bond donors (Lipinski definition) is 1. The van der Waals surface area contributed by atoms with Crippen molar-refractivity contribution >= 4 is 45.1 Å². The van der Waals surface area contributed by atoms with Gasteiger partial charge in [0.25, 0.3) is 0 Å². The highest BCUT2D eigenvalue weighted by atomic mass is 35.5. The standard InChI is InChI=1S/C18H12ClN3S2/c19-12-4-6-13(7-5-12)21-18-22-15(11-23-18)17-9-8-16(24-17)14-3-1-2-10-20-14/h1-11H,(H,21,22). The maximum Gasteiger partial charge on any atom is 0.187 e. The summed E-state index contributed by atoms with van der Waals surface area (Å²) in [7, 11) is 0. The number of thiazole rings is 1. The number of thiophene rings is 1. The first kappa shape index (κ1) is 15.3. The predicted molar refractivity (Wildman–Crippen MR) is 103 cm³/mol. The molecule has 0 aliphatic rings. The molecule has 0 fully saturated rings. The van der Waals surface area contributed by atoms with E-state index in [-0.39, 0.29) is 0 Å². The first-order valence-electron chi connectivity index (χ1n) is 7.28. The molecule has 0 bridgehead atoms. The quantitative estimate of drug-likeness (QED) is 0.456. The molecule has 6 heteroatoms. The third-order valence-corrected chi connectivity index (χ3v) is 5.52. The van der Waals surface area contributed by atoms with Crippen molar-refractivity contribution in [3.05, 3.63) is 71.2 Å². The van der Waals surface area contributed by atoms with Crippen LogP contribution < -0.4 is 5.32 Å². The van der Waals surface area contributed by atoms with Crippen LogP contribution in [-0.2, 0) is 0 Å². The van der Waals surface area contributed by atoms with Crippen molar-refractivity contribution in [2.24, 2.45) is 0 Å². The highest BCUT2D eigenvalue weighted by Crippen LogP contribution is 2.35. The number of anilines is 2. The molecule has 24 heavy (non-hydrogen) atoms. The molecule has 4 rings (SSSR count). The molecule has 0 radical (unpaired) electrons. The van der Waals surface area contributed by atoms with E-state index in [0.29, 0.717) is 0 Å². The minimum Gasteiger partial charge on any atom is -0.332 e. The molecule has 4 aromatic rings. The smallest absolute Gasteiger partial charge is 0.187 e. The molecule has 0 saturated carbocycles. The van der Waals surface area contributed by atoms with Gasteiger partial charge in [0, 0.05) is 22.3 Å². The first-order valence-corrected chi connectivity index (χ1v) is 9.35. The van der Waals surface area contributed by atoms with Crippen LogP contribution in [-0.4, -0.2) is 9.97 Å². The molecule has 0 unspecified atom stereocenters. The van der Waals surface area contributed by atoms with Crippen molar-refractivity contribution in [1.82, 2.24) is 9.97 Å². The average Bonchev–Trinajstić information content (AvgIpc) is 3.27. The Kier molecular flexibility index (Phi) is 4.30. The van der Waals surface area contributed by atoms with Crippen LogP contribution in [0.15, 0.2) is 66.2 Å². The van der Waals surface area contributed by atoms with Gasteiger partial charge in [-0.3, -0.25) is 4.98 Å². The molecule has 0 aliphatic heterocycles. The van der Waals surface area contributed by atoms with Gasteiger partial charge in [0.15, 0.2) is 5.13 Å². The van der Waals surface area contributed by atoms with Gasteiger partial charge < -0.3 is 5.32 Å². The first-order chi connectivity index (χ1) is 11.8. The summed E-state index contributed by atoms with van der Waals surface area (Å²) in [5, 5.41) is 6.95. The van der Waals surface area contributed by atoms with Crippen LogP contribution in [0, 0.1) is 0 Å². The lowest BCUT2D eigenvalue weighted by Crippen LogP contribution is -1.88. The fraction of sp³-hybridized carbons (Fsp3) is 0. The SMILES string of the molecule is Clc1ccc(Nc2nc(-c3ccc(-c4ccccn4)s3)cs2)cc1. The largest absolute Gasteiger partial charge is 0.332 e. The van der Waals surface area contributed by atoms with E-state index in [9.17, 15) is 0 Å². The van der Waals surface area contributed by atoms with Gasteiger partial charge in [-0.1, -0.05) is 17.7 Å². The zero-order valence-electron chi connectivity index (χ0n) is 12.4. The third-order valence-electron chi connectivity index (χ3n) is 3.38. The Morgan fingerprint density at radius 2 is 1.67 bits per heavy atom. The summed E-state index contributed by atoms with van der Waals surface area (Å²) in [4.78, 5) is 11.3. The van der Waals surface area contributed by atoms with Crippen LogP contribution in [0.3, 0.4) is 0 Å². The van der Waals surface area contributed by atoms with Gasteiger partial charge in [-0.15, -0.1) is 22.7 Å². The maximum absolute atomic E-state index is 5.91. The van der Waals surface area contributed by atoms with Gasteiger partial charge in [0.05, 0.1) is 21.1 Å². The molecule has 3 aromatic heterocycles. The number of aromatic nitrogens is 2. The van der Waals surface area contributed by atoms with E-state index < -0.39 is 0 Å². The summed E-state index contributed by atoms with van der Waals surface area (Å²) in [5.74, 6) is 0. The van der Waals surface area contributed by atoms with Crippen molar-refractivity contribution in [2.75, 3.05) is 5.32 Å². The minimum absolute atomic E-state index is 0.723. The summed E-state index contributed by atoms with van der Waals surface area (Å²) in [6, 6.07) is 17.7. The lowest BCUT2D eigenvalue weighted by Gasteiger charge is -2.01. The summed E-state index contributed by atoms with van der Waals surface area (Å²) < 4.78 is 0. The van der Waals surface area contributed by atoms with E-state index >= 15 is 0 Å². The van der Waals surface area contributed by atoms with Gasteiger partial charge in [-0.25, -0.2) is 4.98 Å². The number of nitrogens with zero attached hydrogens (tertiary/aromatic N) is 2. The lowest BCUT2D eigenvalue weighted by molar-refractivity contribution is 1.34. The van der Waals surface area contributed by atoms with Gasteiger partial charge >= 0.3 is 0 Å². The molecule has 1 N–H and O–H groups in total.